The SMILES string of the molecule is CC1(C)c2ccccc2-c2c(-c3cccc(N(c4ccc(-c5ccc6c(c5)sc5ccccc56)cc4)c4cccc5c4-c4ccccc4C5(C)C)c3)cccc21. The van der Waals surface area contributed by atoms with Crippen molar-refractivity contribution in [3.63, 3.8) is 0 Å². The second-order valence-corrected chi connectivity index (χ2v) is 17.6. The van der Waals surface area contributed by atoms with E-state index in [-0.39, 0.29) is 10.8 Å². The van der Waals surface area contributed by atoms with Gasteiger partial charge in [-0.25, -0.2) is 0 Å². The molecular weight excluding hydrogens is 695 g/mol. The molecule has 0 bridgehead atoms. The average molecular weight is 736 g/mol. The quantitative estimate of drug-likeness (QED) is 0.170. The fourth-order valence-corrected chi connectivity index (χ4v) is 11.0. The summed E-state index contributed by atoms with van der Waals surface area (Å²) in [6, 6.07) is 65.7. The minimum absolute atomic E-state index is 0.0559. The van der Waals surface area contributed by atoms with Gasteiger partial charge in [-0.1, -0.05) is 161 Å². The predicted molar refractivity (Wildman–Crippen MR) is 240 cm³/mol. The Morgan fingerprint density at radius 2 is 0.946 bits per heavy atom. The van der Waals surface area contributed by atoms with Crippen molar-refractivity contribution in [1.29, 1.82) is 0 Å². The maximum absolute atomic E-state index is 2.49. The normalized spacial score (nSPS) is 14.4. The van der Waals surface area contributed by atoms with Crippen LogP contribution >= 0.6 is 11.3 Å². The summed E-state index contributed by atoms with van der Waals surface area (Å²) >= 11 is 1.87. The first-order valence-corrected chi connectivity index (χ1v) is 20.5. The van der Waals surface area contributed by atoms with Gasteiger partial charge in [0.1, 0.15) is 0 Å². The van der Waals surface area contributed by atoms with E-state index in [1.165, 1.54) is 92.6 Å². The van der Waals surface area contributed by atoms with Gasteiger partial charge in [-0.2, -0.15) is 0 Å². The van der Waals surface area contributed by atoms with Crippen LogP contribution in [0, 0.1) is 0 Å². The Bertz CT molecular complexity index is 3030. The van der Waals surface area contributed by atoms with Gasteiger partial charge in [-0.3, -0.25) is 0 Å². The summed E-state index contributed by atoms with van der Waals surface area (Å²) in [7, 11) is 0. The van der Waals surface area contributed by atoms with Crippen LogP contribution < -0.4 is 4.90 Å². The number of hydrogen-bond acceptors (Lipinski definition) is 2. The average Bonchev–Trinajstić information content (AvgIpc) is 3.81. The van der Waals surface area contributed by atoms with Gasteiger partial charge in [0.05, 0.1) is 5.69 Å². The first-order valence-electron chi connectivity index (χ1n) is 19.7. The van der Waals surface area contributed by atoms with E-state index in [1.54, 1.807) is 0 Å². The Balaban J connectivity index is 1.08. The summed E-state index contributed by atoms with van der Waals surface area (Å²) in [4.78, 5) is 2.49. The van der Waals surface area contributed by atoms with Gasteiger partial charge in [-0.15, -0.1) is 11.3 Å². The molecule has 1 heterocycles. The van der Waals surface area contributed by atoms with Crippen LogP contribution in [0.4, 0.5) is 17.1 Å². The van der Waals surface area contributed by atoms with Crippen LogP contribution in [0.5, 0.6) is 0 Å². The fraction of sp³-hybridized carbons (Fsp3) is 0.111. The first-order chi connectivity index (χ1) is 27.3. The largest absolute Gasteiger partial charge is 0.310 e. The number of fused-ring (bicyclic) bond motifs is 9. The van der Waals surface area contributed by atoms with Crippen molar-refractivity contribution >= 4 is 48.6 Å². The Hall–Kier alpha value is -6.22. The highest BCUT2D eigenvalue weighted by Gasteiger charge is 2.38. The topological polar surface area (TPSA) is 3.24 Å². The van der Waals surface area contributed by atoms with Crippen molar-refractivity contribution < 1.29 is 0 Å². The van der Waals surface area contributed by atoms with Crippen molar-refractivity contribution in [2.24, 2.45) is 0 Å². The number of hydrogen-bond donors (Lipinski definition) is 0. The van der Waals surface area contributed by atoms with E-state index in [2.05, 4.69) is 209 Å². The van der Waals surface area contributed by atoms with E-state index in [0.717, 1.165) is 11.4 Å². The molecule has 0 aliphatic heterocycles. The van der Waals surface area contributed by atoms with Gasteiger partial charge in [0.15, 0.2) is 0 Å². The molecular formula is C54H41NS. The van der Waals surface area contributed by atoms with Crippen LogP contribution in [-0.2, 0) is 10.8 Å². The molecule has 0 unspecified atom stereocenters. The Morgan fingerprint density at radius 1 is 0.375 bits per heavy atom. The summed E-state index contributed by atoms with van der Waals surface area (Å²) in [5, 5.41) is 2.66. The van der Waals surface area contributed by atoms with Crippen LogP contribution in [0.1, 0.15) is 49.9 Å². The molecule has 1 aromatic heterocycles. The third-order valence-corrected chi connectivity index (χ3v) is 13.8. The molecule has 0 N–H and O–H groups in total. The van der Waals surface area contributed by atoms with Gasteiger partial charge < -0.3 is 4.90 Å². The van der Waals surface area contributed by atoms with Crippen molar-refractivity contribution in [3.05, 3.63) is 198 Å². The van der Waals surface area contributed by atoms with Crippen molar-refractivity contribution in [3.8, 4) is 44.5 Å². The Labute approximate surface area is 333 Å². The van der Waals surface area contributed by atoms with Crippen molar-refractivity contribution in [2.45, 2.75) is 38.5 Å². The van der Waals surface area contributed by atoms with Crippen LogP contribution in [0.3, 0.4) is 0 Å². The zero-order chi connectivity index (χ0) is 37.8. The van der Waals surface area contributed by atoms with E-state index in [9.17, 15) is 0 Å². The van der Waals surface area contributed by atoms with Crippen molar-refractivity contribution in [1.82, 2.24) is 0 Å². The van der Waals surface area contributed by atoms with E-state index in [4.69, 9.17) is 0 Å². The molecule has 0 fully saturated rings. The summed E-state index contributed by atoms with van der Waals surface area (Å²) in [5.41, 5.74) is 19.1. The summed E-state index contributed by atoms with van der Waals surface area (Å²) < 4.78 is 2.66. The lowest BCUT2D eigenvalue weighted by atomic mass is 9.82. The molecule has 0 saturated carbocycles. The molecule has 2 aliphatic rings. The highest BCUT2D eigenvalue weighted by molar-refractivity contribution is 7.25. The monoisotopic (exact) mass is 735 g/mol. The maximum Gasteiger partial charge on any atom is 0.0543 e. The molecule has 268 valence electrons. The standard InChI is InChI=1S/C54H41NS/c1-53(2)44-20-8-5-17-42(44)51-39(19-12-22-46(51)53)36-14-11-15-38(32-36)55(48-24-13-23-47-52(48)43-18-6-9-21-45(43)54(47,3)4)37-29-26-34(27-30-37)35-28-31-41-40-16-7-10-25-49(40)56-50(41)33-35/h5-33H,1-4H3. The summed E-state index contributed by atoms with van der Waals surface area (Å²) in [5.74, 6) is 0. The highest BCUT2D eigenvalue weighted by Crippen LogP contribution is 2.55. The molecule has 11 rings (SSSR count). The number of thiophene rings is 1. The molecule has 1 nitrogen and oxygen atoms in total. The van der Waals surface area contributed by atoms with Gasteiger partial charge in [0.2, 0.25) is 0 Å². The molecule has 0 saturated heterocycles. The third-order valence-electron chi connectivity index (χ3n) is 12.7. The maximum atomic E-state index is 2.49. The highest BCUT2D eigenvalue weighted by atomic mass is 32.1. The lowest BCUT2D eigenvalue weighted by molar-refractivity contribution is 0.660. The number of rotatable bonds is 5. The molecule has 9 aromatic rings. The zero-order valence-corrected chi connectivity index (χ0v) is 32.9. The number of benzene rings is 8. The van der Waals surface area contributed by atoms with E-state index < -0.39 is 0 Å². The van der Waals surface area contributed by atoms with Crippen LogP contribution in [0.25, 0.3) is 64.7 Å². The number of nitrogens with zero attached hydrogens (tertiary/aromatic N) is 1. The lowest BCUT2D eigenvalue weighted by Crippen LogP contribution is -2.16. The van der Waals surface area contributed by atoms with Crippen LogP contribution in [-0.4, -0.2) is 0 Å². The smallest absolute Gasteiger partial charge is 0.0543 e. The second-order valence-electron chi connectivity index (χ2n) is 16.5. The summed E-state index contributed by atoms with van der Waals surface area (Å²) in [6.07, 6.45) is 0. The van der Waals surface area contributed by atoms with E-state index in [0.29, 0.717) is 0 Å². The molecule has 2 aliphatic carbocycles. The van der Waals surface area contributed by atoms with Gasteiger partial charge >= 0.3 is 0 Å². The predicted octanol–water partition coefficient (Wildman–Crippen LogP) is 15.5. The second kappa shape index (κ2) is 12.1. The first kappa shape index (κ1) is 33.1. The molecule has 0 radical (unpaired) electrons. The Kier molecular flexibility index (Phi) is 7.18. The summed E-state index contributed by atoms with van der Waals surface area (Å²) in [6.45, 7) is 9.45. The van der Waals surface area contributed by atoms with Crippen LogP contribution in [0.15, 0.2) is 176 Å². The number of anilines is 3. The molecule has 0 atom stereocenters. The third kappa shape index (κ3) is 4.79. The minimum atomic E-state index is -0.102. The fourth-order valence-electron chi connectivity index (χ4n) is 9.86. The Morgan fingerprint density at radius 3 is 1.71 bits per heavy atom. The van der Waals surface area contributed by atoms with E-state index in [1.807, 2.05) is 11.3 Å². The van der Waals surface area contributed by atoms with E-state index >= 15 is 0 Å². The van der Waals surface area contributed by atoms with Gasteiger partial charge in [0.25, 0.3) is 0 Å². The molecule has 8 aromatic carbocycles. The zero-order valence-electron chi connectivity index (χ0n) is 32.1. The lowest BCUT2D eigenvalue weighted by Gasteiger charge is -2.29. The molecule has 2 heteroatoms. The molecule has 0 spiro atoms. The van der Waals surface area contributed by atoms with Crippen molar-refractivity contribution in [2.75, 3.05) is 4.90 Å². The molecule has 56 heavy (non-hydrogen) atoms. The van der Waals surface area contributed by atoms with Crippen LogP contribution in [0.2, 0.25) is 0 Å². The van der Waals surface area contributed by atoms with Gasteiger partial charge in [0, 0.05) is 47.9 Å². The van der Waals surface area contributed by atoms with Gasteiger partial charge in [-0.05, 0) is 104 Å². The molecule has 0 amide bonds. The minimum Gasteiger partial charge on any atom is -0.310 e.